The summed E-state index contributed by atoms with van der Waals surface area (Å²) in [6.07, 6.45) is 0. The van der Waals surface area contributed by atoms with Gasteiger partial charge in [-0.3, -0.25) is 4.79 Å². The molecule has 0 aromatic heterocycles. The molecule has 29 heavy (non-hydrogen) atoms. The number of quaternary nitrogens is 1. The Morgan fingerprint density at radius 2 is 1.83 bits per heavy atom. The van der Waals surface area contributed by atoms with Crippen LogP contribution in [0.3, 0.4) is 0 Å². The average Bonchev–Trinajstić information content (AvgIpc) is 3.12. The van der Waals surface area contributed by atoms with E-state index in [1.54, 1.807) is 0 Å². The fourth-order valence-electron chi connectivity index (χ4n) is 3.21. The van der Waals surface area contributed by atoms with Crippen molar-refractivity contribution in [2.24, 2.45) is 0 Å². The van der Waals surface area contributed by atoms with Crippen LogP contribution in [0.2, 0.25) is 0 Å². The minimum atomic E-state index is 0.00919. The van der Waals surface area contributed by atoms with E-state index in [9.17, 15) is 4.79 Å². The Labute approximate surface area is 172 Å². The average molecular weight is 400 g/mol. The molecule has 2 aromatic carbocycles. The lowest BCUT2D eigenvalue weighted by atomic mass is 9.87. The van der Waals surface area contributed by atoms with Gasteiger partial charge in [0.1, 0.15) is 18.9 Å². The number of hydrogen-bond acceptors (Lipinski definition) is 4. The van der Waals surface area contributed by atoms with Crippen LogP contribution >= 0.6 is 0 Å². The Kier molecular flexibility index (Phi) is 6.64. The summed E-state index contributed by atoms with van der Waals surface area (Å²) in [6, 6.07) is 14.0. The van der Waals surface area contributed by atoms with Gasteiger partial charge in [-0.05, 0) is 41.3 Å². The normalized spacial score (nSPS) is 13.8. The van der Waals surface area contributed by atoms with E-state index >= 15 is 0 Å². The molecular formula is C23H31N2O4+. The summed E-state index contributed by atoms with van der Waals surface area (Å²) < 4.78 is 16.4. The van der Waals surface area contributed by atoms with Crippen molar-refractivity contribution in [1.82, 2.24) is 5.32 Å². The van der Waals surface area contributed by atoms with Crippen molar-refractivity contribution in [3.63, 3.8) is 0 Å². The second-order valence-electron chi connectivity index (χ2n) is 8.47. The third-order valence-electron chi connectivity index (χ3n) is 4.82. The van der Waals surface area contributed by atoms with Crippen molar-refractivity contribution in [3.05, 3.63) is 53.6 Å². The van der Waals surface area contributed by atoms with E-state index in [0.29, 0.717) is 19.7 Å². The molecule has 1 atom stereocenters. The molecular weight excluding hydrogens is 368 g/mol. The molecule has 156 valence electrons. The molecule has 0 aliphatic carbocycles. The highest BCUT2D eigenvalue weighted by molar-refractivity contribution is 5.76. The fourth-order valence-corrected chi connectivity index (χ4v) is 3.21. The predicted molar refractivity (Wildman–Crippen MR) is 112 cm³/mol. The SMILES string of the molecule is C[NH+](CC(=O)NCCOc1ccc(C(C)(C)C)cc1)Cc1ccc2c(c1)OCO2. The van der Waals surface area contributed by atoms with Crippen LogP contribution in [0.5, 0.6) is 17.2 Å². The lowest BCUT2D eigenvalue weighted by Gasteiger charge is -2.19. The highest BCUT2D eigenvalue weighted by Gasteiger charge is 2.16. The molecule has 0 saturated heterocycles. The van der Waals surface area contributed by atoms with Gasteiger partial charge in [-0.25, -0.2) is 0 Å². The number of ether oxygens (including phenoxy) is 3. The number of hydrogen-bond donors (Lipinski definition) is 2. The molecule has 1 unspecified atom stereocenters. The zero-order valence-electron chi connectivity index (χ0n) is 17.7. The zero-order chi connectivity index (χ0) is 20.9. The molecule has 0 fully saturated rings. The number of carbonyl (C=O) groups excluding carboxylic acids is 1. The first kappa shape index (κ1) is 21.0. The van der Waals surface area contributed by atoms with Crippen LogP contribution in [0.1, 0.15) is 31.9 Å². The van der Waals surface area contributed by atoms with Crippen molar-refractivity contribution in [2.45, 2.75) is 32.7 Å². The quantitative estimate of drug-likeness (QED) is 0.666. The topological polar surface area (TPSA) is 61.2 Å². The van der Waals surface area contributed by atoms with Gasteiger partial charge in [0.25, 0.3) is 5.91 Å². The van der Waals surface area contributed by atoms with Crippen molar-refractivity contribution < 1.29 is 23.9 Å². The van der Waals surface area contributed by atoms with Gasteiger partial charge in [0.15, 0.2) is 18.0 Å². The first-order chi connectivity index (χ1) is 13.8. The van der Waals surface area contributed by atoms with Crippen LogP contribution in [-0.2, 0) is 16.8 Å². The van der Waals surface area contributed by atoms with Gasteiger partial charge < -0.3 is 24.4 Å². The minimum Gasteiger partial charge on any atom is -0.492 e. The Morgan fingerprint density at radius 1 is 1.10 bits per heavy atom. The largest absolute Gasteiger partial charge is 0.492 e. The van der Waals surface area contributed by atoms with Crippen LogP contribution in [0.4, 0.5) is 0 Å². The van der Waals surface area contributed by atoms with Gasteiger partial charge in [-0.1, -0.05) is 32.9 Å². The minimum absolute atomic E-state index is 0.00919. The van der Waals surface area contributed by atoms with E-state index in [2.05, 4.69) is 38.2 Å². The molecule has 1 aliphatic heterocycles. The van der Waals surface area contributed by atoms with Crippen molar-refractivity contribution >= 4 is 5.91 Å². The number of carbonyl (C=O) groups is 1. The van der Waals surface area contributed by atoms with Gasteiger partial charge in [0.2, 0.25) is 6.79 Å². The standard InChI is InChI=1S/C23H30N2O4/c1-23(2,3)18-6-8-19(9-7-18)27-12-11-24-22(26)15-25(4)14-17-5-10-20-21(13-17)29-16-28-20/h5-10,13H,11-12,14-16H2,1-4H3,(H,24,26)/p+1. The maximum atomic E-state index is 12.2. The molecule has 0 bridgehead atoms. The number of fused-ring (bicyclic) bond motifs is 1. The summed E-state index contributed by atoms with van der Waals surface area (Å²) in [5, 5.41) is 2.92. The highest BCUT2D eigenvalue weighted by atomic mass is 16.7. The molecule has 1 amide bonds. The van der Waals surface area contributed by atoms with Gasteiger partial charge in [-0.2, -0.15) is 0 Å². The molecule has 0 saturated carbocycles. The summed E-state index contributed by atoms with van der Waals surface area (Å²) in [7, 11) is 2.00. The molecule has 0 spiro atoms. The van der Waals surface area contributed by atoms with Crippen molar-refractivity contribution in [1.29, 1.82) is 0 Å². The summed E-state index contributed by atoms with van der Waals surface area (Å²) in [5.41, 5.74) is 2.51. The zero-order valence-corrected chi connectivity index (χ0v) is 17.7. The van der Waals surface area contributed by atoms with E-state index in [0.717, 1.165) is 34.3 Å². The summed E-state index contributed by atoms with van der Waals surface area (Å²) in [6.45, 7) is 8.89. The van der Waals surface area contributed by atoms with E-state index in [-0.39, 0.29) is 18.1 Å². The Bertz CT molecular complexity index is 828. The molecule has 6 nitrogen and oxygen atoms in total. The Hall–Kier alpha value is -2.73. The summed E-state index contributed by atoms with van der Waals surface area (Å²) >= 11 is 0. The van der Waals surface area contributed by atoms with E-state index < -0.39 is 0 Å². The van der Waals surface area contributed by atoms with Crippen LogP contribution in [0.25, 0.3) is 0 Å². The first-order valence-electron chi connectivity index (χ1n) is 10.0. The van der Waals surface area contributed by atoms with Gasteiger partial charge in [0.05, 0.1) is 13.6 Å². The second-order valence-corrected chi connectivity index (χ2v) is 8.47. The molecule has 6 heteroatoms. The van der Waals surface area contributed by atoms with Crippen LogP contribution < -0.4 is 24.4 Å². The molecule has 2 aromatic rings. The summed E-state index contributed by atoms with van der Waals surface area (Å²) in [5.74, 6) is 2.37. The number of likely N-dealkylation sites (N-methyl/N-ethyl adjacent to an activating group) is 1. The third-order valence-corrected chi connectivity index (χ3v) is 4.82. The van der Waals surface area contributed by atoms with Crippen molar-refractivity contribution in [3.8, 4) is 17.2 Å². The third kappa shape index (κ3) is 6.12. The molecule has 2 N–H and O–H groups in total. The fraction of sp³-hybridized carbons (Fsp3) is 0.435. The molecule has 1 aliphatic rings. The van der Waals surface area contributed by atoms with Crippen LogP contribution in [0, 0.1) is 0 Å². The lowest BCUT2D eigenvalue weighted by Crippen LogP contribution is -3.08. The van der Waals surface area contributed by atoms with Crippen LogP contribution in [-0.4, -0.2) is 39.4 Å². The Morgan fingerprint density at radius 3 is 2.55 bits per heavy atom. The summed E-state index contributed by atoms with van der Waals surface area (Å²) in [4.78, 5) is 13.3. The highest BCUT2D eigenvalue weighted by Crippen LogP contribution is 2.32. The predicted octanol–water partition coefficient (Wildman–Crippen LogP) is 1.92. The van der Waals surface area contributed by atoms with Gasteiger partial charge >= 0.3 is 0 Å². The monoisotopic (exact) mass is 399 g/mol. The van der Waals surface area contributed by atoms with Crippen LogP contribution in [0.15, 0.2) is 42.5 Å². The number of benzene rings is 2. The molecule has 1 heterocycles. The van der Waals surface area contributed by atoms with E-state index in [4.69, 9.17) is 14.2 Å². The van der Waals surface area contributed by atoms with Crippen molar-refractivity contribution in [2.75, 3.05) is 33.5 Å². The maximum absolute atomic E-state index is 12.2. The number of amides is 1. The second kappa shape index (κ2) is 9.18. The van der Waals surface area contributed by atoms with E-state index in [1.807, 2.05) is 37.4 Å². The molecule has 3 rings (SSSR count). The number of nitrogens with one attached hydrogen (secondary N) is 2. The molecule has 0 radical (unpaired) electrons. The maximum Gasteiger partial charge on any atom is 0.275 e. The smallest absolute Gasteiger partial charge is 0.275 e. The Balaban J connectivity index is 1.35. The van der Waals surface area contributed by atoms with Gasteiger partial charge in [0, 0.05) is 5.56 Å². The number of rotatable bonds is 8. The van der Waals surface area contributed by atoms with E-state index in [1.165, 1.54) is 5.56 Å². The van der Waals surface area contributed by atoms with Gasteiger partial charge in [-0.15, -0.1) is 0 Å². The first-order valence-corrected chi connectivity index (χ1v) is 10.0. The lowest BCUT2D eigenvalue weighted by molar-refractivity contribution is -0.885.